The lowest BCUT2D eigenvalue weighted by Gasteiger charge is -2.13. The van der Waals surface area contributed by atoms with Gasteiger partial charge in [0.1, 0.15) is 16.6 Å². The van der Waals surface area contributed by atoms with Crippen LogP contribution in [0.4, 0.5) is 13.9 Å². The van der Waals surface area contributed by atoms with Gasteiger partial charge in [-0.05, 0) is 19.4 Å². The van der Waals surface area contributed by atoms with Crippen LogP contribution in [0.1, 0.15) is 30.5 Å². The summed E-state index contributed by atoms with van der Waals surface area (Å²) >= 11 is 1.44. The van der Waals surface area contributed by atoms with Crippen LogP contribution >= 0.6 is 11.3 Å². The van der Waals surface area contributed by atoms with Crippen molar-refractivity contribution >= 4 is 16.5 Å². The first kappa shape index (κ1) is 12.9. The van der Waals surface area contributed by atoms with Crippen molar-refractivity contribution in [2.24, 2.45) is 0 Å². The lowest BCUT2D eigenvalue weighted by molar-refractivity contribution is 0.566. The largest absolute Gasteiger partial charge is 0.353 e. The third kappa shape index (κ3) is 2.81. The Morgan fingerprint density at radius 1 is 1.33 bits per heavy atom. The SMILES string of the molecule is CCc1nnc(NC(C)c2ccc(F)cc2F)s1. The van der Waals surface area contributed by atoms with Crippen molar-refractivity contribution in [3.63, 3.8) is 0 Å². The predicted molar refractivity (Wildman–Crippen MR) is 67.7 cm³/mol. The van der Waals surface area contributed by atoms with Crippen LogP contribution in [0.25, 0.3) is 0 Å². The van der Waals surface area contributed by atoms with Crippen LogP contribution in [-0.2, 0) is 6.42 Å². The fourth-order valence-electron chi connectivity index (χ4n) is 1.57. The number of aromatic nitrogens is 2. The molecule has 2 rings (SSSR count). The van der Waals surface area contributed by atoms with E-state index in [0.717, 1.165) is 17.5 Å². The van der Waals surface area contributed by atoms with Gasteiger partial charge in [-0.3, -0.25) is 0 Å². The number of hydrogen-bond acceptors (Lipinski definition) is 4. The molecule has 0 radical (unpaired) electrons. The summed E-state index contributed by atoms with van der Waals surface area (Å²) in [5.41, 5.74) is 0.407. The summed E-state index contributed by atoms with van der Waals surface area (Å²) in [5.74, 6) is -1.14. The van der Waals surface area contributed by atoms with Crippen LogP contribution in [0.5, 0.6) is 0 Å². The van der Waals surface area contributed by atoms with Gasteiger partial charge in [0, 0.05) is 11.6 Å². The van der Waals surface area contributed by atoms with Crippen molar-refractivity contribution in [2.75, 3.05) is 5.32 Å². The van der Waals surface area contributed by atoms with E-state index in [-0.39, 0.29) is 6.04 Å². The van der Waals surface area contributed by atoms with Gasteiger partial charge < -0.3 is 5.32 Å². The summed E-state index contributed by atoms with van der Waals surface area (Å²) in [6.07, 6.45) is 0.818. The molecule has 1 N–H and O–H groups in total. The minimum absolute atomic E-state index is 0.289. The van der Waals surface area contributed by atoms with Gasteiger partial charge in [-0.2, -0.15) is 0 Å². The summed E-state index contributed by atoms with van der Waals surface area (Å²) in [5, 5.41) is 12.5. The van der Waals surface area contributed by atoms with E-state index >= 15 is 0 Å². The fraction of sp³-hybridized carbons (Fsp3) is 0.333. The Bertz CT molecular complexity index is 542. The summed E-state index contributed by atoms with van der Waals surface area (Å²) in [4.78, 5) is 0. The average molecular weight is 269 g/mol. The Labute approximate surface area is 108 Å². The molecule has 0 aliphatic heterocycles. The number of nitrogens with zero attached hydrogens (tertiary/aromatic N) is 2. The van der Waals surface area contributed by atoms with Crippen molar-refractivity contribution in [1.29, 1.82) is 0 Å². The van der Waals surface area contributed by atoms with Gasteiger partial charge in [-0.25, -0.2) is 8.78 Å². The molecule has 3 nitrogen and oxygen atoms in total. The third-order valence-corrected chi connectivity index (χ3v) is 3.54. The molecule has 0 fully saturated rings. The molecule has 1 aromatic carbocycles. The topological polar surface area (TPSA) is 37.8 Å². The monoisotopic (exact) mass is 269 g/mol. The molecule has 0 bridgehead atoms. The van der Waals surface area contributed by atoms with Gasteiger partial charge in [0.05, 0.1) is 6.04 Å². The van der Waals surface area contributed by atoms with E-state index in [1.807, 2.05) is 6.92 Å². The minimum Gasteiger partial charge on any atom is -0.353 e. The molecule has 6 heteroatoms. The number of rotatable bonds is 4. The highest BCUT2D eigenvalue weighted by Gasteiger charge is 2.13. The zero-order valence-corrected chi connectivity index (χ0v) is 10.9. The Morgan fingerprint density at radius 2 is 2.11 bits per heavy atom. The first-order valence-electron chi connectivity index (χ1n) is 5.64. The third-order valence-electron chi connectivity index (χ3n) is 2.54. The number of hydrogen-bond donors (Lipinski definition) is 1. The van der Waals surface area contributed by atoms with Crippen LogP contribution in [0.3, 0.4) is 0 Å². The minimum atomic E-state index is -0.576. The first-order chi connectivity index (χ1) is 8.60. The zero-order valence-electron chi connectivity index (χ0n) is 10.1. The molecule has 1 aromatic heterocycles. The van der Waals surface area contributed by atoms with Crippen LogP contribution < -0.4 is 5.32 Å². The second kappa shape index (κ2) is 5.39. The Morgan fingerprint density at radius 3 is 2.72 bits per heavy atom. The van der Waals surface area contributed by atoms with E-state index in [4.69, 9.17) is 0 Å². The predicted octanol–water partition coefficient (Wildman–Crippen LogP) is 3.55. The molecular weight excluding hydrogens is 256 g/mol. The van der Waals surface area contributed by atoms with E-state index in [9.17, 15) is 8.78 Å². The van der Waals surface area contributed by atoms with Gasteiger partial charge in [0.25, 0.3) is 0 Å². The molecule has 18 heavy (non-hydrogen) atoms. The summed E-state index contributed by atoms with van der Waals surface area (Å²) in [7, 11) is 0. The van der Waals surface area contributed by atoms with Crippen molar-refractivity contribution in [3.05, 3.63) is 40.4 Å². The number of aryl methyl sites for hydroxylation is 1. The smallest absolute Gasteiger partial charge is 0.206 e. The molecule has 96 valence electrons. The van der Waals surface area contributed by atoms with Crippen molar-refractivity contribution in [2.45, 2.75) is 26.3 Å². The summed E-state index contributed by atoms with van der Waals surface area (Å²) in [6.45, 7) is 3.79. The molecular formula is C12H13F2N3S. The molecule has 0 saturated heterocycles. The van der Waals surface area contributed by atoms with E-state index in [1.54, 1.807) is 6.92 Å². The van der Waals surface area contributed by atoms with E-state index < -0.39 is 11.6 Å². The Balaban J connectivity index is 2.13. The average Bonchev–Trinajstić information content (AvgIpc) is 2.76. The van der Waals surface area contributed by atoms with Crippen LogP contribution in [0, 0.1) is 11.6 Å². The highest BCUT2D eigenvalue weighted by atomic mass is 32.1. The fourth-order valence-corrected chi connectivity index (χ4v) is 2.34. The number of halogens is 2. The molecule has 1 atom stereocenters. The Kier molecular flexibility index (Phi) is 3.86. The van der Waals surface area contributed by atoms with Crippen LogP contribution in [-0.4, -0.2) is 10.2 Å². The molecule has 0 aliphatic carbocycles. The standard InChI is InChI=1S/C12H13F2N3S/c1-3-11-16-17-12(18-11)15-7(2)9-5-4-8(13)6-10(9)14/h4-7H,3H2,1-2H3,(H,15,17). The number of benzene rings is 1. The molecule has 2 aromatic rings. The van der Waals surface area contributed by atoms with Crippen molar-refractivity contribution in [3.8, 4) is 0 Å². The van der Waals surface area contributed by atoms with Gasteiger partial charge >= 0.3 is 0 Å². The van der Waals surface area contributed by atoms with E-state index in [0.29, 0.717) is 10.7 Å². The molecule has 0 amide bonds. The van der Waals surface area contributed by atoms with Crippen molar-refractivity contribution in [1.82, 2.24) is 10.2 Å². The number of anilines is 1. The van der Waals surface area contributed by atoms with Gasteiger partial charge in [0.2, 0.25) is 5.13 Å². The van der Waals surface area contributed by atoms with Crippen molar-refractivity contribution < 1.29 is 8.78 Å². The van der Waals surface area contributed by atoms with Gasteiger partial charge in [-0.15, -0.1) is 10.2 Å². The molecule has 0 spiro atoms. The molecule has 1 unspecified atom stereocenters. The normalized spacial score (nSPS) is 12.4. The van der Waals surface area contributed by atoms with Crippen LogP contribution in [0.2, 0.25) is 0 Å². The number of nitrogens with one attached hydrogen (secondary N) is 1. The second-order valence-electron chi connectivity index (χ2n) is 3.89. The highest BCUT2D eigenvalue weighted by Crippen LogP contribution is 2.24. The second-order valence-corrected chi connectivity index (χ2v) is 4.95. The quantitative estimate of drug-likeness (QED) is 0.922. The van der Waals surface area contributed by atoms with E-state index in [2.05, 4.69) is 15.5 Å². The maximum atomic E-state index is 13.6. The van der Waals surface area contributed by atoms with E-state index in [1.165, 1.54) is 23.5 Å². The summed E-state index contributed by atoms with van der Waals surface area (Å²) in [6, 6.07) is 3.27. The zero-order chi connectivity index (χ0) is 13.1. The molecule has 1 heterocycles. The maximum Gasteiger partial charge on any atom is 0.206 e. The lowest BCUT2D eigenvalue weighted by Crippen LogP contribution is -2.08. The Hall–Kier alpha value is -1.56. The van der Waals surface area contributed by atoms with Gasteiger partial charge in [0.15, 0.2) is 0 Å². The first-order valence-corrected chi connectivity index (χ1v) is 6.45. The van der Waals surface area contributed by atoms with Crippen LogP contribution in [0.15, 0.2) is 18.2 Å². The lowest BCUT2D eigenvalue weighted by atomic mass is 10.1. The summed E-state index contributed by atoms with van der Waals surface area (Å²) < 4.78 is 26.4. The molecule has 0 saturated carbocycles. The van der Waals surface area contributed by atoms with Gasteiger partial charge in [-0.1, -0.05) is 24.3 Å². The molecule has 0 aliphatic rings. The highest BCUT2D eigenvalue weighted by molar-refractivity contribution is 7.15. The maximum absolute atomic E-state index is 13.6.